The molecule has 0 aliphatic heterocycles. The highest BCUT2D eigenvalue weighted by molar-refractivity contribution is 6.09. The number of carboxylic acid groups (broad SMARTS) is 1. The fourth-order valence-corrected chi connectivity index (χ4v) is 4.81. The summed E-state index contributed by atoms with van der Waals surface area (Å²) in [5.74, 6) is 0.385. The predicted octanol–water partition coefficient (Wildman–Crippen LogP) is 6.80. The van der Waals surface area contributed by atoms with Crippen molar-refractivity contribution in [3.8, 4) is 17.2 Å². The third kappa shape index (κ3) is 8.14. The Labute approximate surface area is 250 Å². The molecule has 5 aromatic rings. The SMILES string of the molecule is C=O.Cc1oc(-c2ccccc2)nc1CCOc1ccc(C[C@H](Cc2ccccc2C(=O)c2ccccc2)C(=O)O)cc1. The number of hydrogen-bond acceptors (Lipinski definition) is 6. The van der Waals surface area contributed by atoms with Gasteiger partial charge in [-0.3, -0.25) is 9.59 Å². The maximum absolute atomic E-state index is 13.1. The van der Waals surface area contributed by atoms with Gasteiger partial charge in [-0.25, -0.2) is 4.98 Å². The third-order valence-corrected chi connectivity index (χ3v) is 7.04. The van der Waals surface area contributed by atoms with Crippen LogP contribution in [0.3, 0.4) is 0 Å². The summed E-state index contributed by atoms with van der Waals surface area (Å²) in [6.07, 6.45) is 1.19. The first-order valence-corrected chi connectivity index (χ1v) is 13.9. The average Bonchev–Trinajstić information content (AvgIpc) is 3.43. The van der Waals surface area contributed by atoms with Crippen molar-refractivity contribution in [2.75, 3.05) is 6.61 Å². The van der Waals surface area contributed by atoms with Crippen molar-refractivity contribution in [3.63, 3.8) is 0 Å². The number of hydrogen-bond donors (Lipinski definition) is 1. The summed E-state index contributed by atoms with van der Waals surface area (Å²) in [6, 6.07) is 33.6. The number of aromatic nitrogens is 1. The lowest BCUT2D eigenvalue weighted by Gasteiger charge is -2.16. The number of ether oxygens (including phenoxy) is 1. The van der Waals surface area contributed by atoms with Gasteiger partial charge >= 0.3 is 5.97 Å². The Morgan fingerprint density at radius 1 is 0.837 bits per heavy atom. The average molecular weight is 576 g/mol. The number of ketones is 1. The highest BCUT2D eigenvalue weighted by atomic mass is 16.5. The largest absolute Gasteiger partial charge is 0.493 e. The number of aliphatic carboxylic acids is 1. The van der Waals surface area contributed by atoms with Crippen molar-refractivity contribution >= 4 is 18.5 Å². The second kappa shape index (κ2) is 15.1. The second-order valence-corrected chi connectivity index (χ2v) is 9.93. The highest BCUT2D eigenvalue weighted by Gasteiger charge is 2.22. The van der Waals surface area contributed by atoms with E-state index in [-0.39, 0.29) is 12.2 Å². The number of carbonyl (C=O) groups is 3. The maximum Gasteiger partial charge on any atom is 0.307 e. The van der Waals surface area contributed by atoms with Crippen molar-refractivity contribution in [2.24, 2.45) is 5.92 Å². The number of carbonyl (C=O) groups excluding carboxylic acids is 2. The molecule has 0 fully saturated rings. The standard InChI is InChI=1S/C35H31NO5.CH2O/c1-24-32(36-34(41-24)27-12-6-3-7-13-27)20-21-40-30-18-16-25(17-19-30)22-29(35(38)39)23-28-14-8-9-15-31(28)33(37)26-10-4-2-5-11-26;1-2/h2-19,29H,20-23H2,1H3,(H,38,39);1H2/t29-;/m1./s1. The summed E-state index contributed by atoms with van der Waals surface area (Å²) in [5, 5.41) is 10.00. The van der Waals surface area contributed by atoms with Crippen LogP contribution in [0.25, 0.3) is 11.5 Å². The molecular formula is C36H33NO6. The van der Waals surface area contributed by atoms with Gasteiger partial charge in [-0.2, -0.15) is 0 Å². The van der Waals surface area contributed by atoms with Crippen LogP contribution in [0.4, 0.5) is 0 Å². The Morgan fingerprint density at radius 3 is 2.14 bits per heavy atom. The van der Waals surface area contributed by atoms with E-state index in [2.05, 4.69) is 4.98 Å². The van der Waals surface area contributed by atoms with Crippen molar-refractivity contribution in [1.29, 1.82) is 0 Å². The maximum atomic E-state index is 13.1. The minimum Gasteiger partial charge on any atom is -0.493 e. The molecule has 0 amide bonds. The van der Waals surface area contributed by atoms with E-state index in [0.717, 1.165) is 28.1 Å². The molecule has 1 atom stereocenters. The van der Waals surface area contributed by atoms with Gasteiger partial charge in [-0.1, -0.05) is 84.9 Å². The number of rotatable bonds is 12. The Bertz CT molecular complexity index is 1630. The number of aryl methyl sites for hydroxylation is 1. The highest BCUT2D eigenvalue weighted by Crippen LogP contribution is 2.24. The van der Waals surface area contributed by atoms with Crippen molar-refractivity contribution in [2.45, 2.75) is 26.2 Å². The summed E-state index contributed by atoms with van der Waals surface area (Å²) in [7, 11) is 0. The Balaban J connectivity index is 0.00000207. The van der Waals surface area contributed by atoms with Crippen molar-refractivity contribution in [3.05, 3.63) is 143 Å². The van der Waals surface area contributed by atoms with Crippen LogP contribution in [0.5, 0.6) is 5.75 Å². The fraction of sp³-hybridized carbons (Fsp3) is 0.167. The summed E-state index contributed by atoms with van der Waals surface area (Å²) < 4.78 is 11.8. The predicted molar refractivity (Wildman–Crippen MR) is 164 cm³/mol. The lowest BCUT2D eigenvalue weighted by atomic mass is 9.88. The number of carboxylic acids is 1. The van der Waals surface area contributed by atoms with E-state index in [1.165, 1.54) is 0 Å². The van der Waals surface area contributed by atoms with Gasteiger partial charge in [0.1, 0.15) is 18.3 Å². The molecule has 0 aliphatic carbocycles. The molecule has 0 radical (unpaired) electrons. The van der Waals surface area contributed by atoms with Crippen LogP contribution in [0, 0.1) is 12.8 Å². The van der Waals surface area contributed by atoms with Gasteiger partial charge in [0.2, 0.25) is 5.89 Å². The zero-order chi connectivity index (χ0) is 30.6. The lowest BCUT2D eigenvalue weighted by Crippen LogP contribution is -2.20. The lowest BCUT2D eigenvalue weighted by molar-refractivity contribution is -0.141. The van der Waals surface area contributed by atoms with E-state index in [4.69, 9.17) is 13.9 Å². The van der Waals surface area contributed by atoms with Gasteiger partial charge in [0.05, 0.1) is 18.2 Å². The number of benzene rings is 4. The fourth-order valence-electron chi connectivity index (χ4n) is 4.81. The van der Waals surface area contributed by atoms with Gasteiger partial charge in [0.15, 0.2) is 5.78 Å². The van der Waals surface area contributed by atoms with Gasteiger partial charge < -0.3 is 19.1 Å². The van der Waals surface area contributed by atoms with E-state index >= 15 is 0 Å². The van der Waals surface area contributed by atoms with E-state index in [9.17, 15) is 14.7 Å². The molecule has 5 rings (SSSR count). The Morgan fingerprint density at radius 2 is 1.47 bits per heavy atom. The summed E-state index contributed by atoms with van der Waals surface area (Å²) in [4.78, 5) is 37.9. The zero-order valence-corrected chi connectivity index (χ0v) is 23.9. The molecule has 0 saturated heterocycles. The van der Waals surface area contributed by atoms with Crippen molar-refractivity contribution in [1.82, 2.24) is 4.98 Å². The minimum atomic E-state index is -0.898. The molecule has 0 aliphatic rings. The topological polar surface area (TPSA) is 107 Å². The van der Waals surface area contributed by atoms with Crippen LogP contribution < -0.4 is 4.74 Å². The zero-order valence-electron chi connectivity index (χ0n) is 23.9. The normalized spacial score (nSPS) is 11.2. The van der Waals surface area contributed by atoms with E-state index in [0.29, 0.717) is 42.2 Å². The smallest absolute Gasteiger partial charge is 0.307 e. The van der Waals surface area contributed by atoms with Crippen LogP contribution >= 0.6 is 0 Å². The minimum absolute atomic E-state index is 0.107. The molecule has 43 heavy (non-hydrogen) atoms. The van der Waals surface area contributed by atoms with Crippen LogP contribution in [0.1, 0.15) is 38.5 Å². The van der Waals surface area contributed by atoms with Crippen molar-refractivity contribution < 1.29 is 28.6 Å². The van der Waals surface area contributed by atoms with E-state index in [1.54, 1.807) is 24.3 Å². The Kier molecular flexibility index (Phi) is 10.7. The molecule has 0 unspecified atom stereocenters. The number of nitrogens with zero attached hydrogens (tertiary/aromatic N) is 1. The first-order chi connectivity index (χ1) is 21.0. The Hall–Kier alpha value is -5.30. The van der Waals surface area contributed by atoms with Gasteiger partial charge in [-0.15, -0.1) is 0 Å². The molecule has 0 spiro atoms. The molecule has 1 N–H and O–H groups in total. The molecule has 0 saturated carbocycles. The van der Waals surface area contributed by atoms with Crippen LogP contribution in [-0.2, 0) is 28.9 Å². The first-order valence-electron chi connectivity index (χ1n) is 13.9. The molecule has 4 aromatic carbocycles. The second-order valence-electron chi connectivity index (χ2n) is 9.93. The van der Waals surface area contributed by atoms with Gasteiger partial charge in [0.25, 0.3) is 0 Å². The first kappa shape index (κ1) is 30.7. The molecule has 7 heteroatoms. The summed E-state index contributed by atoms with van der Waals surface area (Å²) in [5.41, 5.74) is 4.52. The molecule has 0 bridgehead atoms. The molecule has 218 valence electrons. The summed E-state index contributed by atoms with van der Waals surface area (Å²) in [6.45, 7) is 4.34. The van der Waals surface area contributed by atoms with E-state index < -0.39 is 11.9 Å². The van der Waals surface area contributed by atoms with E-state index in [1.807, 2.05) is 98.6 Å². The molecule has 1 aromatic heterocycles. The third-order valence-electron chi connectivity index (χ3n) is 7.04. The molecule has 7 nitrogen and oxygen atoms in total. The van der Waals surface area contributed by atoms with Gasteiger partial charge in [0, 0.05) is 23.1 Å². The van der Waals surface area contributed by atoms with Gasteiger partial charge in [-0.05, 0) is 55.2 Å². The van der Waals surface area contributed by atoms with Crippen LogP contribution in [-0.4, -0.2) is 35.2 Å². The number of oxazole rings is 1. The van der Waals surface area contributed by atoms with Crippen LogP contribution in [0.15, 0.2) is 114 Å². The van der Waals surface area contributed by atoms with Crippen LogP contribution in [0.2, 0.25) is 0 Å². The molecular weight excluding hydrogens is 542 g/mol. The quantitative estimate of drug-likeness (QED) is 0.163. The monoisotopic (exact) mass is 575 g/mol. The summed E-state index contributed by atoms with van der Waals surface area (Å²) >= 11 is 0. The molecule has 1 heterocycles.